The summed E-state index contributed by atoms with van der Waals surface area (Å²) >= 11 is 0. The van der Waals surface area contributed by atoms with E-state index in [2.05, 4.69) is 0 Å². The van der Waals surface area contributed by atoms with Crippen LogP contribution in [0.2, 0.25) is 0 Å². The highest BCUT2D eigenvalue weighted by Crippen LogP contribution is 2.32. The van der Waals surface area contributed by atoms with E-state index in [1.54, 1.807) is 0 Å². The fourth-order valence-corrected chi connectivity index (χ4v) is 1.28. The molecule has 0 aromatic heterocycles. The second-order valence-corrected chi connectivity index (χ2v) is 3.69. The van der Waals surface area contributed by atoms with Crippen LogP contribution >= 0.6 is 0 Å². The lowest BCUT2D eigenvalue weighted by Crippen LogP contribution is -2.01. The molecular weight excluding hydrogens is 150 g/mol. The summed E-state index contributed by atoms with van der Waals surface area (Å²) in [5, 5.41) is 0. The monoisotopic (exact) mass is 171 g/mol. The molecule has 1 rings (SSSR count). The molecule has 0 atom stereocenters. The second kappa shape index (κ2) is 6.44. The minimum atomic E-state index is 0.822. The molecule has 0 unspecified atom stereocenters. The zero-order chi connectivity index (χ0) is 8.65. The van der Waals surface area contributed by atoms with Gasteiger partial charge in [-0.3, -0.25) is 0 Å². The van der Waals surface area contributed by atoms with Crippen LogP contribution < -0.4 is 5.73 Å². The van der Waals surface area contributed by atoms with Crippen LogP contribution in [0.3, 0.4) is 0 Å². The van der Waals surface area contributed by atoms with Crippen LogP contribution in [0.1, 0.15) is 38.5 Å². The molecule has 0 radical (unpaired) electrons. The molecule has 2 nitrogen and oxygen atoms in total. The molecule has 0 aromatic carbocycles. The van der Waals surface area contributed by atoms with Crippen LogP contribution in [0, 0.1) is 5.92 Å². The van der Waals surface area contributed by atoms with Gasteiger partial charge in [0.1, 0.15) is 0 Å². The summed E-state index contributed by atoms with van der Waals surface area (Å²) in [5.41, 5.74) is 5.38. The van der Waals surface area contributed by atoms with Crippen molar-refractivity contribution in [2.75, 3.05) is 19.8 Å². The van der Waals surface area contributed by atoms with Crippen LogP contribution in [0.15, 0.2) is 0 Å². The largest absolute Gasteiger partial charge is 0.381 e. The molecule has 0 aliphatic heterocycles. The Balaban J connectivity index is 1.65. The molecule has 2 heteroatoms. The van der Waals surface area contributed by atoms with Gasteiger partial charge in [0.15, 0.2) is 0 Å². The summed E-state index contributed by atoms with van der Waals surface area (Å²) in [6, 6.07) is 0. The third-order valence-electron chi connectivity index (χ3n) is 2.36. The Morgan fingerprint density at radius 3 is 2.58 bits per heavy atom. The molecule has 72 valence electrons. The van der Waals surface area contributed by atoms with Gasteiger partial charge in [0.25, 0.3) is 0 Å². The maximum atomic E-state index is 5.49. The van der Waals surface area contributed by atoms with Gasteiger partial charge < -0.3 is 10.5 Å². The summed E-state index contributed by atoms with van der Waals surface area (Å²) in [7, 11) is 0. The van der Waals surface area contributed by atoms with Gasteiger partial charge in [-0.1, -0.05) is 12.8 Å². The zero-order valence-corrected chi connectivity index (χ0v) is 7.93. The number of ether oxygens (including phenoxy) is 1. The molecule has 1 fully saturated rings. The van der Waals surface area contributed by atoms with Gasteiger partial charge >= 0.3 is 0 Å². The summed E-state index contributed by atoms with van der Waals surface area (Å²) in [6.45, 7) is 2.74. The van der Waals surface area contributed by atoms with Crippen molar-refractivity contribution < 1.29 is 4.74 Å². The van der Waals surface area contributed by atoms with E-state index in [1.807, 2.05) is 0 Å². The smallest absolute Gasteiger partial charge is 0.0468 e. The lowest BCUT2D eigenvalue weighted by Gasteiger charge is -2.02. The number of hydrogen-bond acceptors (Lipinski definition) is 2. The topological polar surface area (TPSA) is 35.2 Å². The number of rotatable bonds is 8. The maximum Gasteiger partial charge on any atom is 0.0468 e. The van der Waals surface area contributed by atoms with Crippen LogP contribution in [-0.2, 0) is 4.74 Å². The normalized spacial score (nSPS) is 16.8. The predicted octanol–water partition coefficient (Wildman–Crippen LogP) is 1.93. The van der Waals surface area contributed by atoms with E-state index in [-0.39, 0.29) is 0 Å². The SMILES string of the molecule is NCCCCCOCCC1CC1. The fourth-order valence-electron chi connectivity index (χ4n) is 1.28. The zero-order valence-electron chi connectivity index (χ0n) is 7.93. The molecule has 0 amide bonds. The summed E-state index contributed by atoms with van der Waals surface area (Å²) in [5.74, 6) is 1.01. The van der Waals surface area contributed by atoms with E-state index in [0.29, 0.717) is 0 Å². The standard InChI is InChI=1S/C10H21NO/c11-7-2-1-3-8-12-9-6-10-4-5-10/h10H,1-9,11H2. The molecule has 0 spiro atoms. The van der Waals surface area contributed by atoms with Crippen LogP contribution in [0.4, 0.5) is 0 Å². The minimum Gasteiger partial charge on any atom is -0.381 e. The summed E-state index contributed by atoms with van der Waals surface area (Å²) in [4.78, 5) is 0. The van der Waals surface area contributed by atoms with Crippen LogP contribution in [0.25, 0.3) is 0 Å². The Hall–Kier alpha value is -0.0800. The van der Waals surface area contributed by atoms with E-state index in [0.717, 1.165) is 32.1 Å². The molecule has 0 heterocycles. The van der Waals surface area contributed by atoms with Crippen LogP contribution in [-0.4, -0.2) is 19.8 Å². The van der Waals surface area contributed by atoms with Gasteiger partial charge in [0.2, 0.25) is 0 Å². The van der Waals surface area contributed by atoms with Gasteiger partial charge in [-0.15, -0.1) is 0 Å². The second-order valence-electron chi connectivity index (χ2n) is 3.69. The Morgan fingerprint density at radius 1 is 1.08 bits per heavy atom. The molecule has 0 saturated heterocycles. The first kappa shape index (κ1) is 10.0. The van der Waals surface area contributed by atoms with Crippen molar-refractivity contribution in [3.8, 4) is 0 Å². The first-order valence-corrected chi connectivity index (χ1v) is 5.21. The van der Waals surface area contributed by atoms with Gasteiger partial charge in [0.05, 0.1) is 0 Å². The molecule has 1 aliphatic rings. The highest BCUT2D eigenvalue weighted by Gasteiger charge is 2.20. The lowest BCUT2D eigenvalue weighted by molar-refractivity contribution is 0.124. The summed E-state index contributed by atoms with van der Waals surface area (Å²) in [6.07, 6.45) is 7.72. The average Bonchev–Trinajstić information content (AvgIpc) is 2.87. The molecule has 1 saturated carbocycles. The molecule has 0 aromatic rings. The summed E-state index contributed by atoms with van der Waals surface area (Å²) < 4.78 is 5.49. The highest BCUT2D eigenvalue weighted by molar-refractivity contribution is 4.72. The third-order valence-corrected chi connectivity index (χ3v) is 2.36. The van der Waals surface area contributed by atoms with Crippen LogP contribution in [0.5, 0.6) is 0 Å². The van der Waals surface area contributed by atoms with E-state index in [1.165, 1.54) is 32.1 Å². The van der Waals surface area contributed by atoms with E-state index in [4.69, 9.17) is 10.5 Å². The van der Waals surface area contributed by atoms with Crippen molar-refractivity contribution in [1.82, 2.24) is 0 Å². The first-order valence-electron chi connectivity index (χ1n) is 5.21. The highest BCUT2D eigenvalue weighted by atomic mass is 16.5. The predicted molar refractivity (Wildman–Crippen MR) is 51.1 cm³/mol. The Labute approximate surface area is 75.5 Å². The number of nitrogens with two attached hydrogens (primary N) is 1. The Bertz CT molecular complexity index is 102. The minimum absolute atomic E-state index is 0.822. The van der Waals surface area contributed by atoms with E-state index < -0.39 is 0 Å². The van der Waals surface area contributed by atoms with Crippen molar-refractivity contribution in [3.05, 3.63) is 0 Å². The van der Waals surface area contributed by atoms with Gasteiger partial charge in [0, 0.05) is 13.2 Å². The van der Waals surface area contributed by atoms with Crippen molar-refractivity contribution >= 4 is 0 Å². The van der Waals surface area contributed by atoms with E-state index in [9.17, 15) is 0 Å². The molecule has 2 N–H and O–H groups in total. The number of hydrogen-bond donors (Lipinski definition) is 1. The lowest BCUT2D eigenvalue weighted by atomic mass is 10.2. The average molecular weight is 171 g/mol. The fraction of sp³-hybridized carbons (Fsp3) is 1.00. The van der Waals surface area contributed by atoms with Crippen molar-refractivity contribution in [2.24, 2.45) is 11.7 Å². The van der Waals surface area contributed by atoms with Crippen molar-refractivity contribution in [2.45, 2.75) is 38.5 Å². The Morgan fingerprint density at radius 2 is 1.92 bits per heavy atom. The van der Waals surface area contributed by atoms with Gasteiger partial charge in [-0.05, 0) is 38.1 Å². The van der Waals surface area contributed by atoms with Gasteiger partial charge in [-0.25, -0.2) is 0 Å². The van der Waals surface area contributed by atoms with E-state index >= 15 is 0 Å². The number of unbranched alkanes of at least 4 members (excludes halogenated alkanes) is 2. The molecule has 0 bridgehead atoms. The molecule has 1 aliphatic carbocycles. The molecule has 12 heavy (non-hydrogen) atoms. The third kappa shape index (κ3) is 5.56. The van der Waals surface area contributed by atoms with Crippen molar-refractivity contribution in [1.29, 1.82) is 0 Å². The quantitative estimate of drug-likeness (QED) is 0.566. The Kier molecular flexibility index (Phi) is 5.37. The first-order chi connectivity index (χ1) is 5.93. The van der Waals surface area contributed by atoms with Crippen molar-refractivity contribution in [3.63, 3.8) is 0 Å². The van der Waals surface area contributed by atoms with Gasteiger partial charge in [-0.2, -0.15) is 0 Å². The molecular formula is C10H21NO. The maximum absolute atomic E-state index is 5.49.